The fourth-order valence-electron chi connectivity index (χ4n) is 4.04. The molecule has 0 bridgehead atoms. The SMILES string of the molecule is CC1=CC(NC(=O)C2=C(C)NC3C=CC(c4ccccc4OC[C@H](O)CO)NN23)N=C(C)N1. The molecule has 3 heterocycles. The van der Waals surface area contributed by atoms with Crippen LogP contribution < -0.4 is 26.1 Å². The van der Waals surface area contributed by atoms with Crippen molar-refractivity contribution in [3.63, 3.8) is 0 Å². The summed E-state index contributed by atoms with van der Waals surface area (Å²) < 4.78 is 5.73. The lowest BCUT2D eigenvalue weighted by atomic mass is 10.0. The summed E-state index contributed by atoms with van der Waals surface area (Å²) >= 11 is 0. The minimum atomic E-state index is -0.958. The zero-order valence-electron chi connectivity index (χ0n) is 18.9. The average molecular weight is 455 g/mol. The second kappa shape index (κ2) is 9.65. The van der Waals surface area contributed by atoms with Crippen LogP contribution in [-0.2, 0) is 4.79 Å². The Morgan fingerprint density at radius 1 is 1.27 bits per heavy atom. The van der Waals surface area contributed by atoms with Gasteiger partial charge in [0, 0.05) is 17.0 Å². The Morgan fingerprint density at radius 2 is 2.06 bits per heavy atom. The van der Waals surface area contributed by atoms with E-state index in [1.54, 1.807) is 0 Å². The maximum absolute atomic E-state index is 13.2. The predicted molar refractivity (Wildman–Crippen MR) is 123 cm³/mol. The molecule has 4 rings (SSSR count). The van der Waals surface area contributed by atoms with E-state index in [0.29, 0.717) is 11.4 Å². The van der Waals surface area contributed by atoms with Crippen molar-refractivity contribution < 1.29 is 19.7 Å². The number of hydrogen-bond acceptors (Lipinski definition) is 9. The first-order chi connectivity index (χ1) is 15.9. The Hall–Kier alpha value is -3.34. The Balaban J connectivity index is 1.51. The van der Waals surface area contributed by atoms with E-state index < -0.39 is 12.3 Å². The fourth-order valence-corrected chi connectivity index (χ4v) is 4.04. The van der Waals surface area contributed by atoms with Gasteiger partial charge in [-0.05, 0) is 39.0 Å². The summed E-state index contributed by atoms with van der Waals surface area (Å²) in [5.74, 6) is 1.09. The van der Waals surface area contributed by atoms with Gasteiger partial charge in [0.05, 0.1) is 12.6 Å². The number of aliphatic hydroxyl groups is 2. The van der Waals surface area contributed by atoms with Crippen molar-refractivity contribution in [1.29, 1.82) is 0 Å². The minimum absolute atomic E-state index is 0.0202. The van der Waals surface area contributed by atoms with E-state index in [1.165, 1.54) is 0 Å². The standard InChI is InChI=1S/C23H30N6O4/c1-13-10-20(26-15(3)24-13)27-23(32)22-14(2)25-21-9-8-18(28-29(21)22)17-6-4-5-7-19(17)33-12-16(31)11-30/h4-10,16,18,20-21,25,28,30-31H,11-12H2,1-3H3,(H,24,26)(H,27,32)/t16-,18?,20?,21?/m1/s1. The van der Waals surface area contributed by atoms with Gasteiger partial charge in [-0.1, -0.05) is 24.3 Å². The van der Waals surface area contributed by atoms with E-state index in [1.807, 2.05) is 68.3 Å². The number of para-hydroxylation sites is 1. The van der Waals surface area contributed by atoms with Gasteiger partial charge < -0.3 is 30.9 Å². The van der Waals surface area contributed by atoms with Gasteiger partial charge in [0.2, 0.25) is 0 Å². The Bertz CT molecular complexity index is 1020. The van der Waals surface area contributed by atoms with Crippen LogP contribution in [0.3, 0.4) is 0 Å². The van der Waals surface area contributed by atoms with Gasteiger partial charge >= 0.3 is 0 Å². The van der Waals surface area contributed by atoms with Gasteiger partial charge in [-0.15, -0.1) is 0 Å². The fraction of sp³-hybridized carbons (Fsp3) is 0.391. The molecule has 0 fully saturated rings. The Labute approximate surface area is 192 Å². The number of nitrogens with zero attached hydrogens (tertiary/aromatic N) is 2. The highest BCUT2D eigenvalue weighted by molar-refractivity contribution is 5.94. The van der Waals surface area contributed by atoms with Crippen molar-refractivity contribution in [3.8, 4) is 5.75 Å². The van der Waals surface area contributed by atoms with Gasteiger partial charge in [-0.2, -0.15) is 0 Å². The summed E-state index contributed by atoms with van der Waals surface area (Å²) in [4.78, 5) is 17.6. The number of amidine groups is 1. The average Bonchev–Trinajstić information content (AvgIpc) is 3.11. The Kier molecular flexibility index (Phi) is 6.68. The number of hydrogen-bond donors (Lipinski definition) is 6. The molecule has 4 atom stereocenters. The topological polar surface area (TPSA) is 130 Å². The molecular weight excluding hydrogens is 424 g/mol. The third-order valence-electron chi connectivity index (χ3n) is 5.51. The lowest BCUT2D eigenvalue weighted by Gasteiger charge is -2.35. The van der Waals surface area contributed by atoms with Crippen molar-refractivity contribution in [2.75, 3.05) is 13.2 Å². The molecule has 0 saturated heterocycles. The normalized spacial score (nSPS) is 24.9. The largest absolute Gasteiger partial charge is 0.490 e. The van der Waals surface area contributed by atoms with Crippen molar-refractivity contribution in [3.05, 3.63) is 65.1 Å². The number of nitrogens with one attached hydrogen (secondary N) is 4. The summed E-state index contributed by atoms with van der Waals surface area (Å²) in [6.45, 7) is 5.25. The second-order valence-corrected chi connectivity index (χ2v) is 8.22. The third-order valence-corrected chi connectivity index (χ3v) is 5.51. The molecule has 10 nitrogen and oxygen atoms in total. The molecule has 1 amide bonds. The molecule has 0 aromatic heterocycles. The number of benzene rings is 1. The first-order valence-corrected chi connectivity index (χ1v) is 10.9. The van der Waals surface area contributed by atoms with Gasteiger partial charge in [-0.3, -0.25) is 9.80 Å². The van der Waals surface area contributed by atoms with E-state index in [9.17, 15) is 9.90 Å². The first kappa shape index (κ1) is 22.8. The molecule has 1 aromatic carbocycles. The predicted octanol–water partition coefficient (Wildman–Crippen LogP) is 0.365. The van der Waals surface area contributed by atoms with E-state index in [0.717, 1.165) is 22.8 Å². The molecule has 1 aromatic rings. The molecule has 0 spiro atoms. The number of carbonyl (C=O) groups is 1. The molecule has 3 unspecified atom stereocenters. The lowest BCUT2D eigenvalue weighted by molar-refractivity contribution is -0.120. The smallest absolute Gasteiger partial charge is 0.272 e. The highest BCUT2D eigenvalue weighted by Gasteiger charge is 2.37. The molecule has 6 N–H and O–H groups in total. The van der Waals surface area contributed by atoms with E-state index in [-0.39, 0.29) is 31.3 Å². The van der Waals surface area contributed by atoms with Gasteiger partial charge in [-0.25, -0.2) is 10.4 Å². The minimum Gasteiger partial charge on any atom is -0.490 e. The number of aliphatic imine (C=N–C) groups is 1. The highest BCUT2D eigenvalue weighted by atomic mass is 16.5. The van der Waals surface area contributed by atoms with Gasteiger partial charge in [0.1, 0.15) is 42.3 Å². The maximum Gasteiger partial charge on any atom is 0.272 e. The first-order valence-electron chi connectivity index (χ1n) is 10.9. The van der Waals surface area contributed by atoms with Crippen molar-refractivity contribution in [2.24, 2.45) is 4.99 Å². The van der Waals surface area contributed by atoms with E-state index in [4.69, 9.17) is 9.84 Å². The van der Waals surface area contributed by atoms with Crippen LogP contribution >= 0.6 is 0 Å². The summed E-state index contributed by atoms with van der Waals surface area (Å²) in [6.07, 6.45) is 4.24. The molecule has 176 valence electrons. The summed E-state index contributed by atoms with van der Waals surface area (Å²) in [5.41, 5.74) is 6.42. The van der Waals surface area contributed by atoms with Crippen molar-refractivity contribution in [2.45, 2.75) is 45.2 Å². The van der Waals surface area contributed by atoms with Crippen LogP contribution in [-0.4, -0.2) is 58.6 Å². The zero-order valence-corrected chi connectivity index (χ0v) is 18.9. The van der Waals surface area contributed by atoms with Crippen LogP contribution in [0.4, 0.5) is 0 Å². The van der Waals surface area contributed by atoms with E-state index in [2.05, 4.69) is 26.4 Å². The summed E-state index contributed by atoms with van der Waals surface area (Å²) in [5, 5.41) is 29.9. The number of hydrazine groups is 1. The number of fused-ring (bicyclic) bond motifs is 1. The van der Waals surface area contributed by atoms with Crippen LogP contribution in [0, 0.1) is 0 Å². The van der Waals surface area contributed by atoms with Gasteiger partial charge in [0.25, 0.3) is 5.91 Å². The lowest BCUT2D eigenvalue weighted by Crippen LogP contribution is -2.51. The van der Waals surface area contributed by atoms with Crippen LogP contribution in [0.1, 0.15) is 32.4 Å². The summed E-state index contributed by atoms with van der Waals surface area (Å²) in [7, 11) is 0. The van der Waals surface area contributed by atoms with E-state index >= 15 is 0 Å². The maximum atomic E-state index is 13.2. The Morgan fingerprint density at radius 3 is 2.82 bits per heavy atom. The van der Waals surface area contributed by atoms with Crippen molar-refractivity contribution >= 4 is 11.7 Å². The number of ether oxygens (including phenoxy) is 1. The molecule has 0 aliphatic carbocycles. The number of rotatable bonds is 7. The van der Waals surface area contributed by atoms with Crippen LogP contribution in [0.2, 0.25) is 0 Å². The molecule has 0 radical (unpaired) electrons. The summed E-state index contributed by atoms with van der Waals surface area (Å²) in [6, 6.07) is 7.21. The molecule has 10 heteroatoms. The quantitative estimate of drug-likeness (QED) is 0.326. The number of aliphatic hydroxyl groups excluding tert-OH is 2. The highest BCUT2D eigenvalue weighted by Crippen LogP contribution is 2.32. The van der Waals surface area contributed by atoms with Crippen LogP contribution in [0.15, 0.2) is 64.6 Å². The number of carbonyl (C=O) groups excluding carboxylic acids is 1. The zero-order chi connectivity index (χ0) is 23.5. The third kappa shape index (κ3) is 5.03. The molecule has 33 heavy (non-hydrogen) atoms. The van der Waals surface area contributed by atoms with Crippen molar-refractivity contribution in [1.82, 2.24) is 26.4 Å². The molecule has 0 saturated carbocycles. The molecular formula is C23H30N6O4. The van der Waals surface area contributed by atoms with Gasteiger partial charge in [0.15, 0.2) is 0 Å². The number of allylic oxidation sites excluding steroid dienone is 2. The number of amides is 1. The second-order valence-electron chi connectivity index (χ2n) is 8.22. The monoisotopic (exact) mass is 454 g/mol. The van der Waals surface area contributed by atoms with Crippen LogP contribution in [0.25, 0.3) is 0 Å². The molecule has 3 aliphatic heterocycles. The van der Waals surface area contributed by atoms with Crippen LogP contribution in [0.5, 0.6) is 5.75 Å². The molecule has 3 aliphatic rings.